The summed E-state index contributed by atoms with van der Waals surface area (Å²) in [6.45, 7) is 1.39. The molecule has 0 radical (unpaired) electrons. The Bertz CT molecular complexity index is 1120. The van der Waals surface area contributed by atoms with E-state index >= 15 is 0 Å². The van der Waals surface area contributed by atoms with Crippen LogP contribution in [0.3, 0.4) is 0 Å². The van der Waals surface area contributed by atoms with E-state index in [2.05, 4.69) is 5.32 Å². The first-order chi connectivity index (χ1) is 14.7. The molecule has 0 heterocycles. The maximum Gasteiger partial charge on any atom is 0.244 e. The predicted octanol–water partition coefficient (Wildman–Crippen LogP) is 4.03. The van der Waals surface area contributed by atoms with E-state index in [9.17, 15) is 22.0 Å². The standard InChI is InChI=1S/C23H22F2N2O3S/c1-16(27(31(2,29)30)19-13-14-20(24)21(25)15-19)23(28)26-22(17-9-5-3-6-10-17)18-11-7-4-8-12-18/h3-16,22H,1-2H3,(H,26,28)/t16-/m1/s1. The van der Waals surface area contributed by atoms with Crippen molar-refractivity contribution in [3.8, 4) is 0 Å². The zero-order valence-corrected chi connectivity index (χ0v) is 17.8. The summed E-state index contributed by atoms with van der Waals surface area (Å²) >= 11 is 0. The van der Waals surface area contributed by atoms with Crippen LogP contribution in [-0.2, 0) is 14.8 Å². The highest BCUT2D eigenvalue weighted by Crippen LogP contribution is 2.25. The van der Waals surface area contributed by atoms with Crippen LogP contribution in [0.15, 0.2) is 78.9 Å². The lowest BCUT2D eigenvalue weighted by Crippen LogP contribution is -2.48. The van der Waals surface area contributed by atoms with Gasteiger partial charge in [-0.25, -0.2) is 17.2 Å². The quantitative estimate of drug-likeness (QED) is 0.599. The number of sulfonamides is 1. The first kappa shape index (κ1) is 22.4. The minimum atomic E-state index is -3.97. The number of hydrogen-bond acceptors (Lipinski definition) is 3. The van der Waals surface area contributed by atoms with Crippen LogP contribution in [0.4, 0.5) is 14.5 Å². The van der Waals surface area contributed by atoms with Gasteiger partial charge in [-0.1, -0.05) is 60.7 Å². The second-order valence-electron chi connectivity index (χ2n) is 7.10. The van der Waals surface area contributed by atoms with Gasteiger partial charge in [-0.2, -0.15) is 0 Å². The largest absolute Gasteiger partial charge is 0.343 e. The Labute approximate surface area is 180 Å². The molecule has 0 saturated heterocycles. The Balaban J connectivity index is 1.95. The summed E-state index contributed by atoms with van der Waals surface area (Å²) in [5.74, 6) is -2.90. The third-order valence-corrected chi connectivity index (χ3v) is 6.04. The number of carbonyl (C=O) groups is 1. The van der Waals surface area contributed by atoms with Crippen LogP contribution >= 0.6 is 0 Å². The smallest absolute Gasteiger partial charge is 0.244 e. The molecule has 162 valence electrons. The Morgan fingerprint density at radius 3 is 1.84 bits per heavy atom. The zero-order valence-electron chi connectivity index (χ0n) is 17.0. The third-order valence-electron chi connectivity index (χ3n) is 4.80. The van der Waals surface area contributed by atoms with E-state index in [1.54, 1.807) is 0 Å². The van der Waals surface area contributed by atoms with Crippen molar-refractivity contribution in [2.24, 2.45) is 0 Å². The lowest BCUT2D eigenvalue weighted by molar-refractivity contribution is -0.122. The monoisotopic (exact) mass is 444 g/mol. The van der Waals surface area contributed by atoms with E-state index in [0.29, 0.717) is 0 Å². The first-order valence-corrected chi connectivity index (χ1v) is 11.4. The molecule has 1 atom stereocenters. The second-order valence-corrected chi connectivity index (χ2v) is 8.96. The molecule has 0 fully saturated rings. The van der Waals surface area contributed by atoms with Crippen LogP contribution < -0.4 is 9.62 Å². The fourth-order valence-electron chi connectivity index (χ4n) is 3.34. The molecule has 0 bridgehead atoms. The summed E-state index contributed by atoms with van der Waals surface area (Å²) in [5, 5.41) is 2.88. The summed E-state index contributed by atoms with van der Waals surface area (Å²) in [4.78, 5) is 13.1. The normalized spacial score (nSPS) is 12.4. The van der Waals surface area contributed by atoms with Crippen molar-refractivity contribution < 1.29 is 22.0 Å². The summed E-state index contributed by atoms with van der Waals surface area (Å²) in [6, 6.07) is 19.4. The van der Waals surface area contributed by atoms with Crippen LogP contribution in [-0.4, -0.2) is 26.6 Å². The molecule has 0 unspecified atom stereocenters. The Morgan fingerprint density at radius 1 is 0.871 bits per heavy atom. The molecule has 1 amide bonds. The van der Waals surface area contributed by atoms with Gasteiger partial charge in [0.15, 0.2) is 11.6 Å². The molecule has 3 aromatic rings. The van der Waals surface area contributed by atoms with Gasteiger partial charge in [-0.15, -0.1) is 0 Å². The fraction of sp³-hybridized carbons (Fsp3) is 0.174. The fourth-order valence-corrected chi connectivity index (χ4v) is 4.51. The molecule has 0 spiro atoms. The average Bonchev–Trinajstić information content (AvgIpc) is 2.74. The number of rotatable bonds is 7. The van der Waals surface area contributed by atoms with Gasteiger partial charge >= 0.3 is 0 Å². The number of carbonyl (C=O) groups excluding carboxylic acids is 1. The molecule has 3 aromatic carbocycles. The highest BCUT2D eigenvalue weighted by molar-refractivity contribution is 7.92. The molecule has 8 heteroatoms. The average molecular weight is 445 g/mol. The molecule has 0 aromatic heterocycles. The van der Waals surface area contributed by atoms with Crippen LogP contribution in [0, 0.1) is 11.6 Å². The number of benzene rings is 3. The molecule has 31 heavy (non-hydrogen) atoms. The van der Waals surface area contributed by atoms with E-state index in [-0.39, 0.29) is 5.69 Å². The zero-order chi connectivity index (χ0) is 22.6. The van der Waals surface area contributed by atoms with Gasteiger partial charge in [0, 0.05) is 6.07 Å². The maximum absolute atomic E-state index is 13.7. The Kier molecular flexibility index (Phi) is 6.70. The number of nitrogens with one attached hydrogen (secondary N) is 1. The minimum absolute atomic E-state index is 0.139. The molecule has 0 saturated carbocycles. The number of nitrogens with zero attached hydrogens (tertiary/aromatic N) is 1. The molecule has 1 N–H and O–H groups in total. The van der Waals surface area contributed by atoms with Gasteiger partial charge < -0.3 is 5.32 Å². The van der Waals surface area contributed by atoms with Crippen LogP contribution in [0.5, 0.6) is 0 Å². The van der Waals surface area contributed by atoms with E-state index in [1.807, 2.05) is 60.7 Å². The molecule has 3 rings (SSSR count). The SMILES string of the molecule is C[C@H](C(=O)NC(c1ccccc1)c1ccccc1)N(c1ccc(F)c(F)c1)S(C)(=O)=O. The minimum Gasteiger partial charge on any atom is -0.343 e. The van der Waals surface area contributed by atoms with Crippen molar-refractivity contribution in [2.75, 3.05) is 10.6 Å². The van der Waals surface area contributed by atoms with Crippen molar-refractivity contribution in [1.29, 1.82) is 0 Å². The van der Waals surface area contributed by atoms with Gasteiger partial charge in [-0.05, 0) is 30.2 Å². The van der Waals surface area contributed by atoms with Gasteiger partial charge in [0.25, 0.3) is 0 Å². The second kappa shape index (κ2) is 9.26. The van der Waals surface area contributed by atoms with Gasteiger partial charge in [-0.3, -0.25) is 9.10 Å². The number of amides is 1. The number of hydrogen-bond donors (Lipinski definition) is 1. The topological polar surface area (TPSA) is 66.5 Å². The Hall–Kier alpha value is -3.26. The summed E-state index contributed by atoms with van der Waals surface area (Å²) in [7, 11) is -3.97. The van der Waals surface area contributed by atoms with Crippen molar-refractivity contribution in [3.05, 3.63) is 102 Å². The molecule has 0 aliphatic rings. The van der Waals surface area contributed by atoms with Crippen LogP contribution in [0.1, 0.15) is 24.1 Å². The number of halogens is 2. The molecular formula is C23H22F2N2O3S. The van der Waals surface area contributed by atoms with Crippen molar-refractivity contribution >= 4 is 21.6 Å². The lowest BCUT2D eigenvalue weighted by Gasteiger charge is -2.30. The van der Waals surface area contributed by atoms with Crippen LogP contribution in [0.2, 0.25) is 0 Å². The van der Waals surface area contributed by atoms with Crippen LogP contribution in [0.25, 0.3) is 0 Å². The highest BCUT2D eigenvalue weighted by Gasteiger charge is 2.31. The number of anilines is 1. The maximum atomic E-state index is 13.7. The first-order valence-electron chi connectivity index (χ1n) is 9.53. The third kappa shape index (κ3) is 5.27. The van der Waals surface area contributed by atoms with Crippen molar-refractivity contribution in [3.63, 3.8) is 0 Å². The van der Waals surface area contributed by atoms with Crippen molar-refractivity contribution in [1.82, 2.24) is 5.32 Å². The predicted molar refractivity (Wildman–Crippen MR) is 116 cm³/mol. The Morgan fingerprint density at radius 2 is 1.39 bits per heavy atom. The molecule has 0 aliphatic heterocycles. The van der Waals surface area contributed by atoms with E-state index in [0.717, 1.165) is 39.9 Å². The van der Waals surface area contributed by atoms with Gasteiger partial charge in [0.05, 0.1) is 18.0 Å². The highest BCUT2D eigenvalue weighted by atomic mass is 32.2. The summed E-state index contributed by atoms with van der Waals surface area (Å²) in [6.07, 6.45) is 0.907. The lowest BCUT2D eigenvalue weighted by atomic mass is 9.98. The molecule has 5 nitrogen and oxygen atoms in total. The van der Waals surface area contributed by atoms with Gasteiger partial charge in [0.2, 0.25) is 15.9 Å². The van der Waals surface area contributed by atoms with Crippen molar-refractivity contribution in [2.45, 2.75) is 19.0 Å². The molecule has 0 aliphatic carbocycles. The molecular weight excluding hydrogens is 422 g/mol. The van der Waals surface area contributed by atoms with E-state index in [4.69, 9.17) is 0 Å². The summed E-state index contributed by atoms with van der Waals surface area (Å²) < 4.78 is 52.7. The summed E-state index contributed by atoms with van der Waals surface area (Å²) in [5.41, 5.74) is 1.49. The van der Waals surface area contributed by atoms with E-state index in [1.165, 1.54) is 6.92 Å². The van der Waals surface area contributed by atoms with E-state index < -0.39 is 39.6 Å². The van der Waals surface area contributed by atoms with Gasteiger partial charge in [0.1, 0.15) is 6.04 Å².